The molecule has 0 saturated carbocycles. The number of imide groups is 1. The van der Waals surface area contributed by atoms with Crippen molar-refractivity contribution < 1.29 is 24.2 Å². The van der Waals surface area contributed by atoms with Crippen LogP contribution in [0.15, 0.2) is 83.5 Å². The second-order valence-electron chi connectivity index (χ2n) is 6.68. The standard InChI is InChI=1S/C23H14Cl2N2O5/c24-17-11-10-16(12-18(17)28)32-23(31)13-6-8-14(9-7-13)26-20-19(25)21(29)27(22(20)30)15-4-2-1-3-5-15/h1-12,26,28H. The van der Waals surface area contributed by atoms with E-state index < -0.39 is 17.8 Å². The minimum absolute atomic E-state index is 0.0625. The molecule has 0 radical (unpaired) electrons. The van der Waals surface area contributed by atoms with Crippen molar-refractivity contribution in [2.45, 2.75) is 0 Å². The topological polar surface area (TPSA) is 95.9 Å². The van der Waals surface area contributed by atoms with E-state index in [1.54, 1.807) is 30.3 Å². The number of carbonyl (C=O) groups excluding carboxylic acids is 3. The molecular weight excluding hydrogens is 455 g/mol. The molecule has 32 heavy (non-hydrogen) atoms. The molecule has 3 aromatic rings. The van der Waals surface area contributed by atoms with Crippen LogP contribution < -0.4 is 15.0 Å². The molecule has 0 aromatic heterocycles. The smallest absolute Gasteiger partial charge is 0.343 e. The molecule has 4 rings (SSSR count). The zero-order valence-corrected chi connectivity index (χ0v) is 17.7. The van der Waals surface area contributed by atoms with Crippen molar-refractivity contribution in [3.63, 3.8) is 0 Å². The number of hydrogen-bond acceptors (Lipinski definition) is 6. The predicted molar refractivity (Wildman–Crippen MR) is 120 cm³/mol. The van der Waals surface area contributed by atoms with Crippen molar-refractivity contribution in [1.82, 2.24) is 0 Å². The Bertz CT molecular complexity index is 1260. The first-order chi connectivity index (χ1) is 15.3. The fourth-order valence-electron chi connectivity index (χ4n) is 2.98. The lowest BCUT2D eigenvalue weighted by Gasteiger charge is -2.14. The number of phenols is 1. The summed E-state index contributed by atoms with van der Waals surface area (Å²) in [5.74, 6) is -1.94. The van der Waals surface area contributed by atoms with E-state index in [0.29, 0.717) is 11.4 Å². The van der Waals surface area contributed by atoms with Gasteiger partial charge in [-0.05, 0) is 48.5 Å². The molecular formula is C23H14Cl2N2O5. The molecule has 9 heteroatoms. The number of halogens is 2. The number of nitrogens with zero attached hydrogens (tertiary/aromatic N) is 1. The Kier molecular flexibility index (Phi) is 5.85. The van der Waals surface area contributed by atoms with Crippen LogP contribution in [0.5, 0.6) is 11.5 Å². The Morgan fingerprint density at radius 1 is 0.906 bits per heavy atom. The average molecular weight is 469 g/mol. The third-order valence-corrected chi connectivity index (χ3v) is 5.23. The van der Waals surface area contributed by atoms with Gasteiger partial charge in [0.15, 0.2) is 0 Å². The van der Waals surface area contributed by atoms with Gasteiger partial charge in [0.1, 0.15) is 22.2 Å². The van der Waals surface area contributed by atoms with Crippen molar-refractivity contribution in [3.05, 3.63) is 94.1 Å². The fourth-order valence-corrected chi connectivity index (χ4v) is 3.31. The van der Waals surface area contributed by atoms with Gasteiger partial charge in [0.2, 0.25) is 0 Å². The first-order valence-corrected chi connectivity index (χ1v) is 10.0. The van der Waals surface area contributed by atoms with Crippen LogP contribution in [0.1, 0.15) is 10.4 Å². The first kappa shape index (κ1) is 21.4. The number of rotatable bonds is 5. The van der Waals surface area contributed by atoms with Gasteiger partial charge in [-0.15, -0.1) is 0 Å². The summed E-state index contributed by atoms with van der Waals surface area (Å²) >= 11 is 11.9. The maximum atomic E-state index is 12.8. The minimum Gasteiger partial charge on any atom is -0.506 e. The van der Waals surface area contributed by atoms with Gasteiger partial charge in [-0.1, -0.05) is 41.4 Å². The second-order valence-corrected chi connectivity index (χ2v) is 7.46. The zero-order chi connectivity index (χ0) is 22.8. The molecule has 0 bridgehead atoms. The SMILES string of the molecule is O=C(Oc1ccc(Cl)c(O)c1)c1ccc(NC2=C(Cl)C(=O)N(c3ccccc3)C2=O)cc1. The number of anilines is 2. The van der Waals surface area contributed by atoms with Crippen LogP contribution in [0.2, 0.25) is 5.02 Å². The van der Waals surface area contributed by atoms with Gasteiger partial charge in [0, 0.05) is 11.8 Å². The lowest BCUT2D eigenvalue weighted by atomic mass is 10.2. The fraction of sp³-hybridized carbons (Fsp3) is 0. The Labute approximate surface area is 192 Å². The van der Waals surface area contributed by atoms with Crippen LogP contribution in [0.25, 0.3) is 0 Å². The van der Waals surface area contributed by atoms with Gasteiger partial charge in [-0.3, -0.25) is 9.59 Å². The minimum atomic E-state index is -0.655. The first-order valence-electron chi connectivity index (χ1n) is 9.26. The number of amides is 2. The van der Waals surface area contributed by atoms with E-state index in [1.807, 2.05) is 0 Å². The summed E-state index contributed by atoms with van der Waals surface area (Å²) in [6.45, 7) is 0. The number of ether oxygens (including phenoxy) is 1. The van der Waals surface area contributed by atoms with Gasteiger partial charge >= 0.3 is 5.97 Å². The molecule has 1 heterocycles. The third kappa shape index (κ3) is 4.16. The summed E-state index contributed by atoms with van der Waals surface area (Å²) in [6.07, 6.45) is 0. The van der Waals surface area contributed by atoms with Crippen LogP contribution in [-0.2, 0) is 9.59 Å². The maximum absolute atomic E-state index is 12.8. The number of hydrogen-bond donors (Lipinski definition) is 2. The average Bonchev–Trinajstić information content (AvgIpc) is 3.00. The molecule has 0 aliphatic carbocycles. The summed E-state index contributed by atoms with van der Waals surface area (Å²) in [5.41, 5.74) is 1.01. The van der Waals surface area contributed by atoms with Crippen LogP contribution in [-0.4, -0.2) is 22.9 Å². The highest BCUT2D eigenvalue weighted by Crippen LogP contribution is 2.30. The summed E-state index contributed by atoms with van der Waals surface area (Å²) in [6, 6.07) is 18.6. The van der Waals surface area contributed by atoms with Crippen LogP contribution in [0, 0.1) is 0 Å². The molecule has 0 atom stereocenters. The van der Waals surface area contributed by atoms with Gasteiger partial charge in [0.05, 0.1) is 16.3 Å². The van der Waals surface area contributed by atoms with Crippen molar-refractivity contribution in [3.8, 4) is 11.5 Å². The molecule has 3 aromatic carbocycles. The number of para-hydroxylation sites is 1. The number of nitrogens with one attached hydrogen (secondary N) is 1. The Hall–Kier alpha value is -3.81. The number of carbonyl (C=O) groups is 3. The maximum Gasteiger partial charge on any atom is 0.343 e. The molecule has 0 fully saturated rings. The second kappa shape index (κ2) is 8.74. The highest BCUT2D eigenvalue weighted by molar-refractivity contribution is 6.53. The molecule has 2 N–H and O–H groups in total. The monoisotopic (exact) mass is 468 g/mol. The predicted octanol–water partition coefficient (Wildman–Crippen LogP) is 4.70. The number of aromatic hydroxyl groups is 1. The highest BCUT2D eigenvalue weighted by atomic mass is 35.5. The quantitative estimate of drug-likeness (QED) is 0.320. The molecule has 1 aliphatic rings. The van der Waals surface area contributed by atoms with Gasteiger partial charge in [-0.25, -0.2) is 9.69 Å². The summed E-state index contributed by atoms with van der Waals surface area (Å²) < 4.78 is 5.21. The van der Waals surface area contributed by atoms with E-state index in [-0.39, 0.29) is 32.8 Å². The zero-order valence-electron chi connectivity index (χ0n) is 16.2. The van der Waals surface area contributed by atoms with Gasteiger partial charge in [-0.2, -0.15) is 0 Å². The van der Waals surface area contributed by atoms with Gasteiger partial charge < -0.3 is 15.2 Å². The van der Waals surface area contributed by atoms with Crippen molar-refractivity contribution >= 4 is 52.4 Å². The molecule has 0 spiro atoms. The van der Waals surface area contributed by atoms with Crippen molar-refractivity contribution in [2.24, 2.45) is 0 Å². The molecule has 1 aliphatic heterocycles. The summed E-state index contributed by atoms with van der Waals surface area (Å²) in [4.78, 5) is 38.5. The van der Waals surface area contributed by atoms with Crippen LogP contribution >= 0.6 is 23.2 Å². The van der Waals surface area contributed by atoms with E-state index in [9.17, 15) is 19.5 Å². The van der Waals surface area contributed by atoms with Crippen molar-refractivity contribution in [1.29, 1.82) is 0 Å². The van der Waals surface area contributed by atoms with E-state index >= 15 is 0 Å². The summed E-state index contributed by atoms with van der Waals surface area (Å²) in [5, 5.41) is 12.3. The number of esters is 1. The lowest BCUT2D eigenvalue weighted by molar-refractivity contribution is -0.120. The van der Waals surface area contributed by atoms with E-state index in [0.717, 1.165) is 4.90 Å². The third-order valence-electron chi connectivity index (χ3n) is 4.56. The van der Waals surface area contributed by atoms with Crippen molar-refractivity contribution in [2.75, 3.05) is 10.2 Å². The van der Waals surface area contributed by atoms with Crippen LogP contribution in [0.3, 0.4) is 0 Å². The number of benzene rings is 3. The summed E-state index contributed by atoms with van der Waals surface area (Å²) in [7, 11) is 0. The number of phenolic OH excluding ortho intramolecular Hbond substituents is 1. The van der Waals surface area contributed by atoms with E-state index in [4.69, 9.17) is 27.9 Å². The molecule has 7 nitrogen and oxygen atoms in total. The van der Waals surface area contributed by atoms with Gasteiger partial charge in [0.25, 0.3) is 11.8 Å². The molecule has 0 unspecified atom stereocenters. The Morgan fingerprint density at radius 2 is 1.59 bits per heavy atom. The Morgan fingerprint density at radius 3 is 2.25 bits per heavy atom. The molecule has 2 amide bonds. The van der Waals surface area contributed by atoms with E-state index in [2.05, 4.69) is 5.32 Å². The highest BCUT2D eigenvalue weighted by Gasteiger charge is 2.38. The lowest BCUT2D eigenvalue weighted by Crippen LogP contribution is -2.32. The normalized spacial score (nSPS) is 13.5. The Balaban J connectivity index is 1.47. The largest absolute Gasteiger partial charge is 0.506 e. The molecule has 0 saturated heterocycles. The van der Waals surface area contributed by atoms with Crippen LogP contribution in [0.4, 0.5) is 11.4 Å². The molecule has 160 valence electrons. The van der Waals surface area contributed by atoms with E-state index in [1.165, 1.54) is 42.5 Å².